The van der Waals surface area contributed by atoms with Crippen molar-refractivity contribution in [3.63, 3.8) is 0 Å². The summed E-state index contributed by atoms with van der Waals surface area (Å²) in [6.45, 7) is 0. The highest BCUT2D eigenvalue weighted by atomic mass is 14.6. The predicted molar refractivity (Wildman–Crippen MR) is 43.0 cm³/mol. The number of benzene rings is 1. The van der Waals surface area contributed by atoms with Crippen molar-refractivity contribution >= 4 is 10.8 Å². The standard InChI is InChI=1S/C9H6N2/c10-4-7-1-2-8-5-11-6-9(8)3-7/h1-3,5-6,11H. The maximum atomic E-state index is 8.57. The van der Waals surface area contributed by atoms with Crippen LogP contribution in [-0.2, 0) is 0 Å². The highest BCUT2D eigenvalue weighted by molar-refractivity contribution is 5.83. The van der Waals surface area contributed by atoms with Crippen molar-refractivity contribution in [2.75, 3.05) is 0 Å². The molecule has 1 aromatic carbocycles. The van der Waals surface area contributed by atoms with Gasteiger partial charge in [0.2, 0.25) is 0 Å². The minimum absolute atomic E-state index is 0.706. The molecule has 0 amide bonds. The number of H-pyrrole nitrogens is 1. The van der Waals surface area contributed by atoms with Gasteiger partial charge in [0, 0.05) is 17.8 Å². The summed E-state index contributed by atoms with van der Waals surface area (Å²) in [4.78, 5) is 2.98. The first-order valence-corrected chi connectivity index (χ1v) is 3.37. The maximum absolute atomic E-state index is 8.57. The molecule has 0 aliphatic carbocycles. The molecule has 2 nitrogen and oxygen atoms in total. The summed E-state index contributed by atoms with van der Waals surface area (Å²) < 4.78 is 0. The van der Waals surface area contributed by atoms with Crippen LogP contribution in [0.2, 0.25) is 0 Å². The number of nitriles is 1. The van der Waals surface area contributed by atoms with Crippen LogP contribution in [0.15, 0.2) is 30.6 Å². The maximum Gasteiger partial charge on any atom is 0.0991 e. The molecule has 0 atom stereocenters. The van der Waals surface area contributed by atoms with Crippen molar-refractivity contribution in [3.8, 4) is 6.07 Å². The second-order valence-corrected chi connectivity index (χ2v) is 2.41. The van der Waals surface area contributed by atoms with Gasteiger partial charge >= 0.3 is 0 Å². The topological polar surface area (TPSA) is 39.6 Å². The average Bonchev–Trinajstić information content (AvgIpc) is 2.50. The Morgan fingerprint density at radius 1 is 1.18 bits per heavy atom. The van der Waals surface area contributed by atoms with E-state index in [1.54, 1.807) is 0 Å². The van der Waals surface area contributed by atoms with Crippen LogP contribution in [0.25, 0.3) is 10.8 Å². The SMILES string of the molecule is N#Cc1ccc2c[nH]cc2c1. The molecule has 0 aliphatic heterocycles. The van der Waals surface area contributed by atoms with Gasteiger partial charge in [0.05, 0.1) is 11.6 Å². The van der Waals surface area contributed by atoms with Gasteiger partial charge in [0.15, 0.2) is 0 Å². The van der Waals surface area contributed by atoms with Crippen molar-refractivity contribution in [1.29, 1.82) is 5.26 Å². The Kier molecular flexibility index (Phi) is 1.16. The highest BCUT2D eigenvalue weighted by Crippen LogP contribution is 2.13. The van der Waals surface area contributed by atoms with Gasteiger partial charge in [-0.15, -0.1) is 0 Å². The molecular formula is C9H6N2. The largest absolute Gasteiger partial charge is 0.366 e. The number of fused-ring (bicyclic) bond motifs is 1. The van der Waals surface area contributed by atoms with Crippen LogP contribution in [0, 0.1) is 11.3 Å². The molecule has 52 valence electrons. The van der Waals surface area contributed by atoms with E-state index in [9.17, 15) is 0 Å². The number of rotatable bonds is 0. The Hall–Kier alpha value is -1.75. The van der Waals surface area contributed by atoms with Gasteiger partial charge in [-0.3, -0.25) is 0 Å². The molecule has 0 aliphatic rings. The second-order valence-electron chi connectivity index (χ2n) is 2.41. The van der Waals surface area contributed by atoms with Crippen LogP contribution in [0.4, 0.5) is 0 Å². The fourth-order valence-corrected chi connectivity index (χ4v) is 1.12. The summed E-state index contributed by atoms with van der Waals surface area (Å²) in [6.07, 6.45) is 3.80. The van der Waals surface area contributed by atoms with Crippen molar-refractivity contribution < 1.29 is 0 Å². The van der Waals surface area contributed by atoms with Crippen LogP contribution >= 0.6 is 0 Å². The highest BCUT2D eigenvalue weighted by Gasteiger charge is 1.94. The minimum Gasteiger partial charge on any atom is -0.366 e. The molecule has 0 radical (unpaired) electrons. The molecular weight excluding hydrogens is 136 g/mol. The van der Waals surface area contributed by atoms with Gasteiger partial charge in [-0.05, 0) is 17.5 Å². The Morgan fingerprint density at radius 3 is 2.82 bits per heavy atom. The molecule has 1 N–H and O–H groups in total. The van der Waals surface area contributed by atoms with E-state index in [-0.39, 0.29) is 0 Å². The van der Waals surface area contributed by atoms with Crippen LogP contribution in [0.5, 0.6) is 0 Å². The van der Waals surface area contributed by atoms with Crippen LogP contribution in [0.1, 0.15) is 5.56 Å². The lowest BCUT2D eigenvalue weighted by Gasteiger charge is -1.87. The number of aromatic amines is 1. The van der Waals surface area contributed by atoms with E-state index in [1.807, 2.05) is 30.6 Å². The van der Waals surface area contributed by atoms with Crippen molar-refractivity contribution in [2.24, 2.45) is 0 Å². The summed E-state index contributed by atoms with van der Waals surface area (Å²) in [6, 6.07) is 7.71. The summed E-state index contributed by atoms with van der Waals surface area (Å²) in [5, 5.41) is 10.8. The molecule has 11 heavy (non-hydrogen) atoms. The third kappa shape index (κ3) is 0.870. The number of nitrogens with one attached hydrogen (secondary N) is 1. The van der Waals surface area contributed by atoms with Crippen molar-refractivity contribution in [1.82, 2.24) is 4.98 Å². The first-order valence-electron chi connectivity index (χ1n) is 3.37. The number of aromatic nitrogens is 1. The molecule has 0 fully saturated rings. The zero-order valence-corrected chi connectivity index (χ0v) is 5.83. The summed E-state index contributed by atoms with van der Waals surface area (Å²) >= 11 is 0. The van der Waals surface area contributed by atoms with Gasteiger partial charge in [-0.25, -0.2) is 0 Å². The Labute approximate surface area is 64.1 Å². The Morgan fingerprint density at radius 2 is 2.00 bits per heavy atom. The van der Waals surface area contributed by atoms with E-state index in [0.717, 1.165) is 10.8 Å². The Bertz CT molecular complexity index is 420. The van der Waals surface area contributed by atoms with Crippen LogP contribution < -0.4 is 0 Å². The van der Waals surface area contributed by atoms with Crippen molar-refractivity contribution in [3.05, 3.63) is 36.2 Å². The van der Waals surface area contributed by atoms with Crippen molar-refractivity contribution in [2.45, 2.75) is 0 Å². The van der Waals surface area contributed by atoms with Gasteiger partial charge in [-0.1, -0.05) is 6.07 Å². The van der Waals surface area contributed by atoms with E-state index in [1.165, 1.54) is 0 Å². The quantitative estimate of drug-likeness (QED) is 0.600. The van der Waals surface area contributed by atoms with E-state index in [4.69, 9.17) is 5.26 Å². The molecule has 1 heterocycles. The summed E-state index contributed by atoms with van der Waals surface area (Å²) in [5.41, 5.74) is 0.706. The third-order valence-electron chi connectivity index (χ3n) is 1.69. The van der Waals surface area contributed by atoms with E-state index < -0.39 is 0 Å². The van der Waals surface area contributed by atoms with Crippen LogP contribution in [0.3, 0.4) is 0 Å². The van der Waals surface area contributed by atoms with Gasteiger partial charge < -0.3 is 4.98 Å². The number of hydrogen-bond acceptors (Lipinski definition) is 1. The minimum atomic E-state index is 0.706. The van der Waals surface area contributed by atoms with E-state index in [2.05, 4.69) is 11.1 Å². The predicted octanol–water partition coefficient (Wildman–Crippen LogP) is 2.04. The van der Waals surface area contributed by atoms with Gasteiger partial charge in [-0.2, -0.15) is 5.26 Å². The van der Waals surface area contributed by atoms with Gasteiger partial charge in [0.1, 0.15) is 0 Å². The van der Waals surface area contributed by atoms with E-state index in [0.29, 0.717) is 5.56 Å². The van der Waals surface area contributed by atoms with Crippen LogP contribution in [-0.4, -0.2) is 4.98 Å². The second kappa shape index (κ2) is 2.14. The number of nitrogens with zero attached hydrogens (tertiary/aromatic N) is 1. The lowest BCUT2D eigenvalue weighted by Crippen LogP contribution is -1.70. The fraction of sp³-hybridized carbons (Fsp3) is 0. The number of hydrogen-bond donors (Lipinski definition) is 1. The molecule has 0 saturated carbocycles. The molecule has 0 spiro atoms. The zero-order valence-electron chi connectivity index (χ0n) is 5.83. The van der Waals surface area contributed by atoms with E-state index >= 15 is 0 Å². The Balaban J connectivity index is 2.79. The fourth-order valence-electron chi connectivity index (χ4n) is 1.12. The normalized spacial score (nSPS) is 9.73. The first-order chi connectivity index (χ1) is 5.40. The molecule has 0 bridgehead atoms. The average molecular weight is 142 g/mol. The van der Waals surface area contributed by atoms with Gasteiger partial charge in [0.25, 0.3) is 0 Å². The summed E-state index contributed by atoms with van der Waals surface area (Å²) in [5.74, 6) is 0. The zero-order chi connectivity index (χ0) is 7.68. The lowest BCUT2D eigenvalue weighted by molar-refractivity contribution is 1.43. The molecule has 2 aromatic rings. The lowest BCUT2D eigenvalue weighted by atomic mass is 10.1. The molecule has 2 heteroatoms. The first kappa shape index (κ1) is 5.99. The smallest absolute Gasteiger partial charge is 0.0991 e. The molecule has 0 unspecified atom stereocenters. The monoisotopic (exact) mass is 142 g/mol. The third-order valence-corrected chi connectivity index (χ3v) is 1.69. The molecule has 1 aromatic heterocycles. The summed E-state index contributed by atoms with van der Waals surface area (Å²) in [7, 11) is 0. The molecule has 2 rings (SSSR count). The molecule has 0 saturated heterocycles.